The van der Waals surface area contributed by atoms with Crippen molar-refractivity contribution in [1.82, 2.24) is 19.7 Å². The molecule has 2 fully saturated rings. The fourth-order valence-corrected chi connectivity index (χ4v) is 5.50. The molecule has 1 aliphatic carbocycles. The monoisotopic (exact) mass is 486 g/mol. The van der Waals surface area contributed by atoms with Gasteiger partial charge in [0.15, 0.2) is 5.69 Å². The number of carbonyl (C=O) groups is 3. The fraction of sp³-hybridized carbons (Fsp3) is 0.318. The van der Waals surface area contributed by atoms with Crippen molar-refractivity contribution < 1.29 is 14.4 Å². The number of likely N-dealkylation sites (tertiary alicyclic amines) is 1. The number of aromatic nitrogens is 3. The minimum absolute atomic E-state index is 0.0292. The summed E-state index contributed by atoms with van der Waals surface area (Å²) >= 11 is 12.3. The smallest absolute Gasteiger partial charge is 0.269 e. The lowest BCUT2D eigenvalue weighted by atomic mass is 9.97. The quantitative estimate of drug-likeness (QED) is 0.536. The number of para-hydroxylation sites is 1. The summed E-state index contributed by atoms with van der Waals surface area (Å²) in [5, 5.41) is 8.13. The van der Waals surface area contributed by atoms with Gasteiger partial charge in [0.2, 0.25) is 11.8 Å². The van der Waals surface area contributed by atoms with E-state index in [1.54, 1.807) is 41.3 Å². The number of nitrogens with two attached hydrogens (primary N) is 1. The molecule has 0 unspecified atom stereocenters. The van der Waals surface area contributed by atoms with E-state index in [2.05, 4.69) is 15.4 Å². The third-order valence-corrected chi connectivity index (χ3v) is 6.86. The van der Waals surface area contributed by atoms with Crippen LogP contribution in [0, 0.1) is 5.92 Å². The van der Waals surface area contributed by atoms with Crippen molar-refractivity contribution in [2.24, 2.45) is 11.7 Å². The number of hydrogen-bond acceptors (Lipinski definition) is 5. The predicted molar refractivity (Wildman–Crippen MR) is 123 cm³/mol. The highest BCUT2D eigenvalue weighted by molar-refractivity contribution is 6.35. The van der Waals surface area contributed by atoms with Gasteiger partial charge < -0.3 is 16.0 Å². The van der Waals surface area contributed by atoms with Crippen LogP contribution in [0.4, 0.5) is 5.82 Å². The Morgan fingerprint density at radius 2 is 1.91 bits per heavy atom. The maximum atomic E-state index is 13.4. The third kappa shape index (κ3) is 3.81. The molecule has 5 rings (SSSR count). The van der Waals surface area contributed by atoms with Crippen LogP contribution >= 0.6 is 23.2 Å². The van der Waals surface area contributed by atoms with Crippen LogP contribution in [-0.4, -0.2) is 49.5 Å². The zero-order chi connectivity index (χ0) is 23.3. The molecule has 3 atom stereocenters. The van der Waals surface area contributed by atoms with Gasteiger partial charge in [-0.3, -0.25) is 19.1 Å². The molecule has 0 spiro atoms. The Bertz CT molecular complexity index is 1290. The van der Waals surface area contributed by atoms with Crippen LogP contribution in [-0.2, 0) is 16.1 Å². The molecule has 3 N–H and O–H groups in total. The molecule has 3 amide bonds. The van der Waals surface area contributed by atoms with E-state index in [-0.39, 0.29) is 41.2 Å². The molecule has 11 heteroatoms. The van der Waals surface area contributed by atoms with Gasteiger partial charge in [-0.15, -0.1) is 0 Å². The first-order valence-electron chi connectivity index (χ1n) is 10.5. The zero-order valence-electron chi connectivity index (χ0n) is 17.4. The summed E-state index contributed by atoms with van der Waals surface area (Å²) in [4.78, 5) is 44.2. The van der Waals surface area contributed by atoms with Gasteiger partial charge >= 0.3 is 0 Å². The van der Waals surface area contributed by atoms with Crippen molar-refractivity contribution in [3.63, 3.8) is 0 Å². The van der Waals surface area contributed by atoms with Crippen LogP contribution in [0.3, 0.4) is 0 Å². The molecule has 33 heavy (non-hydrogen) atoms. The largest absolute Gasteiger partial charge is 0.364 e. The lowest BCUT2D eigenvalue weighted by molar-refractivity contribution is -0.141. The maximum Gasteiger partial charge on any atom is 0.269 e. The molecule has 170 valence electrons. The Morgan fingerprint density at radius 3 is 2.67 bits per heavy atom. The first kappa shape index (κ1) is 21.7. The number of rotatable bonds is 5. The van der Waals surface area contributed by atoms with Crippen LogP contribution in [0.15, 0.2) is 36.4 Å². The average molecular weight is 487 g/mol. The molecular formula is C22H20Cl2N6O3. The van der Waals surface area contributed by atoms with Gasteiger partial charge in [0, 0.05) is 11.4 Å². The van der Waals surface area contributed by atoms with E-state index < -0.39 is 11.9 Å². The second-order valence-electron chi connectivity index (χ2n) is 8.31. The zero-order valence-corrected chi connectivity index (χ0v) is 18.9. The molecule has 1 saturated carbocycles. The molecule has 2 aromatic heterocycles. The highest BCUT2D eigenvalue weighted by Crippen LogP contribution is 2.43. The fourth-order valence-electron chi connectivity index (χ4n) is 5.06. The number of nitrogens with zero attached hydrogens (tertiary/aromatic N) is 4. The Balaban J connectivity index is 1.43. The molecule has 1 saturated heterocycles. The number of halogens is 2. The molecule has 3 heterocycles. The van der Waals surface area contributed by atoms with Gasteiger partial charge in [0.1, 0.15) is 23.6 Å². The van der Waals surface area contributed by atoms with Gasteiger partial charge in [-0.25, -0.2) is 4.98 Å². The number of benzene rings is 1. The second kappa shape index (κ2) is 8.31. The van der Waals surface area contributed by atoms with E-state index in [4.69, 9.17) is 28.9 Å². The van der Waals surface area contributed by atoms with Crippen molar-refractivity contribution in [2.45, 2.75) is 37.9 Å². The van der Waals surface area contributed by atoms with Crippen molar-refractivity contribution in [2.75, 3.05) is 5.32 Å². The molecule has 1 aromatic carbocycles. The molecule has 9 nitrogen and oxygen atoms in total. The summed E-state index contributed by atoms with van der Waals surface area (Å²) in [7, 11) is 0. The molecule has 0 radical (unpaired) electrons. The summed E-state index contributed by atoms with van der Waals surface area (Å²) in [6.07, 6.45) is 2.47. The van der Waals surface area contributed by atoms with E-state index in [1.165, 1.54) is 4.68 Å². The van der Waals surface area contributed by atoms with Crippen LogP contribution in [0.25, 0.3) is 10.9 Å². The van der Waals surface area contributed by atoms with Crippen LogP contribution < -0.4 is 11.1 Å². The van der Waals surface area contributed by atoms with Crippen LogP contribution in [0.2, 0.25) is 10.2 Å². The molecule has 2 aliphatic rings. The van der Waals surface area contributed by atoms with Gasteiger partial charge in [0.25, 0.3) is 5.91 Å². The Hall–Kier alpha value is -3.17. The van der Waals surface area contributed by atoms with Crippen molar-refractivity contribution in [3.05, 3.63) is 52.3 Å². The number of amides is 3. The Morgan fingerprint density at radius 1 is 1.12 bits per heavy atom. The normalized spacial score (nSPS) is 21.5. The summed E-state index contributed by atoms with van der Waals surface area (Å²) in [5.41, 5.74) is 5.97. The van der Waals surface area contributed by atoms with Crippen molar-refractivity contribution in [1.29, 1.82) is 0 Å². The topological polar surface area (TPSA) is 123 Å². The first-order valence-corrected chi connectivity index (χ1v) is 11.3. The van der Waals surface area contributed by atoms with Crippen molar-refractivity contribution >= 4 is 57.6 Å². The number of carbonyl (C=O) groups excluding carboxylic acids is 3. The minimum Gasteiger partial charge on any atom is -0.364 e. The number of anilines is 1. The lowest BCUT2D eigenvalue weighted by Gasteiger charge is -2.34. The summed E-state index contributed by atoms with van der Waals surface area (Å²) in [6, 6.07) is 9.33. The standard InChI is InChI=1S/C22H20Cl2N6O3/c23-14-4-1-3-13-18(21(25)32)28-29(20(13)14)10-17(31)30-12-8-7-11(9-12)19(30)22(33)27-16-6-2-5-15(24)26-16/h1-6,11-12,19H,7-10H2,(H2,25,32)(H,26,27,33)/t11-,12+,19-/m0/s1. The molecule has 1 aliphatic heterocycles. The highest BCUT2D eigenvalue weighted by atomic mass is 35.5. The summed E-state index contributed by atoms with van der Waals surface area (Å²) < 4.78 is 1.39. The average Bonchev–Trinajstić information content (AvgIpc) is 3.47. The van der Waals surface area contributed by atoms with E-state index in [0.29, 0.717) is 21.7 Å². The molecular weight excluding hydrogens is 467 g/mol. The van der Waals surface area contributed by atoms with Gasteiger partial charge in [0.05, 0.1) is 10.5 Å². The van der Waals surface area contributed by atoms with Crippen LogP contribution in [0.1, 0.15) is 29.8 Å². The van der Waals surface area contributed by atoms with Gasteiger partial charge in [-0.2, -0.15) is 5.10 Å². The SMILES string of the molecule is NC(=O)c1nn(CC(=O)N2[C@@H]3CC[C@@H](C3)[C@H]2C(=O)Nc2cccc(Cl)n2)c2c(Cl)cccc12. The van der Waals surface area contributed by atoms with E-state index in [0.717, 1.165) is 19.3 Å². The van der Waals surface area contributed by atoms with Gasteiger partial charge in [-0.1, -0.05) is 41.4 Å². The summed E-state index contributed by atoms with van der Waals surface area (Å²) in [6.45, 7) is -0.171. The molecule has 3 aromatic rings. The summed E-state index contributed by atoms with van der Waals surface area (Å²) in [5.74, 6) is -0.885. The Kier molecular flexibility index (Phi) is 5.46. The predicted octanol–water partition coefficient (Wildman–Crippen LogP) is 2.86. The third-order valence-electron chi connectivity index (χ3n) is 6.35. The lowest BCUT2D eigenvalue weighted by Crippen LogP contribution is -2.52. The van der Waals surface area contributed by atoms with E-state index in [9.17, 15) is 14.4 Å². The van der Waals surface area contributed by atoms with E-state index >= 15 is 0 Å². The number of piperidine rings is 1. The van der Waals surface area contributed by atoms with Crippen LogP contribution in [0.5, 0.6) is 0 Å². The number of primary amides is 1. The number of nitrogens with one attached hydrogen (secondary N) is 1. The van der Waals surface area contributed by atoms with Crippen molar-refractivity contribution in [3.8, 4) is 0 Å². The number of pyridine rings is 1. The molecule has 2 bridgehead atoms. The van der Waals surface area contributed by atoms with Gasteiger partial charge in [-0.05, 0) is 43.4 Å². The second-order valence-corrected chi connectivity index (χ2v) is 9.11. The minimum atomic E-state index is -0.708. The highest BCUT2D eigenvalue weighted by Gasteiger charge is 2.51. The maximum absolute atomic E-state index is 13.4. The Labute approximate surface area is 198 Å². The number of fused-ring (bicyclic) bond motifs is 3. The number of hydrogen-bond donors (Lipinski definition) is 2. The first-order chi connectivity index (χ1) is 15.8. The van der Waals surface area contributed by atoms with E-state index in [1.807, 2.05) is 0 Å².